The molecule has 0 atom stereocenters. The van der Waals surface area contributed by atoms with E-state index in [1.807, 2.05) is 30.3 Å². The Hall–Kier alpha value is -1.36. The first-order valence-electron chi connectivity index (χ1n) is 7.94. The highest BCUT2D eigenvalue weighted by atomic mass is 79.9. The van der Waals surface area contributed by atoms with Crippen molar-refractivity contribution in [1.29, 1.82) is 0 Å². The topological polar surface area (TPSA) is 29.5 Å². The van der Waals surface area contributed by atoms with Crippen molar-refractivity contribution in [2.24, 2.45) is 0 Å². The number of benzene rings is 2. The number of rotatable bonds is 5. The van der Waals surface area contributed by atoms with Gasteiger partial charge in [-0.2, -0.15) is 0 Å². The second-order valence-electron chi connectivity index (χ2n) is 5.83. The van der Waals surface area contributed by atoms with Gasteiger partial charge < -0.3 is 4.74 Å². The predicted molar refractivity (Wildman–Crippen MR) is 101 cm³/mol. The summed E-state index contributed by atoms with van der Waals surface area (Å²) in [4.78, 5) is 14.6. The lowest BCUT2D eigenvalue weighted by molar-refractivity contribution is 0.0471. The van der Waals surface area contributed by atoms with Gasteiger partial charge in [0, 0.05) is 11.0 Å². The number of esters is 1. The van der Waals surface area contributed by atoms with E-state index in [1.54, 1.807) is 12.1 Å². The maximum absolute atomic E-state index is 12.1. The molecule has 0 spiro atoms. The summed E-state index contributed by atoms with van der Waals surface area (Å²) in [5, 5.41) is 0. The van der Waals surface area contributed by atoms with Crippen LogP contribution < -0.4 is 0 Å². The quantitative estimate of drug-likeness (QED) is 0.662. The molecule has 1 aliphatic rings. The van der Waals surface area contributed by atoms with Gasteiger partial charge in [-0.3, -0.25) is 4.90 Å². The van der Waals surface area contributed by atoms with Crippen LogP contribution in [0.1, 0.15) is 34.3 Å². The maximum Gasteiger partial charge on any atom is 0.338 e. The fourth-order valence-corrected chi connectivity index (χ4v) is 3.11. The minimum absolute atomic E-state index is 0. The Morgan fingerprint density at radius 3 is 2.29 bits per heavy atom. The molecule has 0 saturated carbocycles. The van der Waals surface area contributed by atoms with Crippen molar-refractivity contribution in [3.05, 3.63) is 69.7 Å². The molecular weight excluding hydrogens is 390 g/mol. The van der Waals surface area contributed by atoms with E-state index >= 15 is 0 Å². The van der Waals surface area contributed by atoms with Gasteiger partial charge in [-0.1, -0.05) is 40.2 Å². The number of hydrogen-bond acceptors (Lipinski definition) is 3. The first-order valence-corrected chi connectivity index (χ1v) is 8.73. The number of ether oxygens (including phenoxy) is 1. The van der Waals surface area contributed by atoms with Crippen LogP contribution in [0, 0.1) is 0 Å². The van der Waals surface area contributed by atoms with Crippen molar-refractivity contribution in [2.75, 3.05) is 13.1 Å². The molecule has 1 aliphatic heterocycles. The van der Waals surface area contributed by atoms with Crippen molar-refractivity contribution in [3.8, 4) is 0 Å². The van der Waals surface area contributed by atoms with E-state index in [2.05, 4.69) is 26.9 Å². The van der Waals surface area contributed by atoms with Crippen molar-refractivity contribution < 1.29 is 9.53 Å². The molecule has 5 heteroatoms. The van der Waals surface area contributed by atoms with Crippen molar-refractivity contribution in [2.45, 2.75) is 26.0 Å². The molecule has 2 aromatic carbocycles. The predicted octanol–water partition coefficient (Wildman–Crippen LogP) is 4.82. The Labute approximate surface area is 157 Å². The van der Waals surface area contributed by atoms with Crippen molar-refractivity contribution in [1.82, 2.24) is 4.90 Å². The molecule has 2 aromatic rings. The van der Waals surface area contributed by atoms with E-state index in [0.29, 0.717) is 12.2 Å². The Bertz CT molecular complexity index is 669. The maximum atomic E-state index is 12.1. The molecular formula is C19H21BrClNO2. The second-order valence-corrected chi connectivity index (χ2v) is 6.75. The summed E-state index contributed by atoms with van der Waals surface area (Å²) in [6.07, 6.45) is 2.56. The average molecular weight is 411 g/mol. The molecule has 0 unspecified atom stereocenters. The number of likely N-dealkylation sites (tertiary alicyclic amines) is 1. The minimum atomic E-state index is -0.284. The van der Waals surface area contributed by atoms with Crippen LogP contribution in [-0.2, 0) is 17.9 Å². The Morgan fingerprint density at radius 2 is 1.62 bits per heavy atom. The molecule has 0 bridgehead atoms. The summed E-state index contributed by atoms with van der Waals surface area (Å²) in [5.74, 6) is -0.284. The van der Waals surface area contributed by atoms with E-state index in [-0.39, 0.29) is 18.4 Å². The summed E-state index contributed by atoms with van der Waals surface area (Å²) in [7, 11) is 0. The first-order chi connectivity index (χ1) is 11.2. The van der Waals surface area contributed by atoms with E-state index in [9.17, 15) is 4.79 Å². The Balaban J connectivity index is 0.00000208. The highest BCUT2D eigenvalue weighted by Gasteiger charge is 2.14. The van der Waals surface area contributed by atoms with Gasteiger partial charge in [-0.25, -0.2) is 4.79 Å². The molecule has 0 amide bonds. The van der Waals surface area contributed by atoms with Gasteiger partial charge in [0.25, 0.3) is 0 Å². The van der Waals surface area contributed by atoms with Crippen LogP contribution in [0.2, 0.25) is 0 Å². The standard InChI is InChI=1S/C19H20BrNO2.ClH/c20-18-9-7-15(8-10-18)19(22)23-14-17-6-2-1-5-16(17)13-21-11-3-4-12-21;/h1-2,5-10H,3-4,11-14H2;1H. The van der Waals surface area contributed by atoms with Crippen LogP contribution in [0.5, 0.6) is 0 Å². The van der Waals surface area contributed by atoms with Crippen LogP contribution >= 0.6 is 28.3 Å². The van der Waals surface area contributed by atoms with E-state index in [4.69, 9.17) is 4.74 Å². The molecule has 0 N–H and O–H groups in total. The zero-order valence-electron chi connectivity index (χ0n) is 13.4. The van der Waals surface area contributed by atoms with Crippen molar-refractivity contribution in [3.63, 3.8) is 0 Å². The molecule has 0 radical (unpaired) electrons. The van der Waals surface area contributed by atoms with Crippen LogP contribution in [0.15, 0.2) is 53.0 Å². The molecule has 3 nitrogen and oxygen atoms in total. The van der Waals surface area contributed by atoms with Crippen LogP contribution in [0.25, 0.3) is 0 Å². The lowest BCUT2D eigenvalue weighted by Gasteiger charge is -2.17. The summed E-state index contributed by atoms with van der Waals surface area (Å²) in [6.45, 7) is 3.57. The largest absolute Gasteiger partial charge is 0.457 e. The third-order valence-electron chi connectivity index (χ3n) is 4.15. The zero-order valence-corrected chi connectivity index (χ0v) is 15.8. The van der Waals surface area contributed by atoms with Gasteiger partial charge in [-0.15, -0.1) is 12.4 Å². The van der Waals surface area contributed by atoms with Gasteiger partial charge in [0.1, 0.15) is 6.61 Å². The SMILES string of the molecule is Cl.O=C(OCc1ccccc1CN1CCCC1)c1ccc(Br)cc1. The van der Waals surface area contributed by atoms with Gasteiger partial charge in [0.05, 0.1) is 5.56 Å². The number of halogens is 2. The summed E-state index contributed by atoms with van der Waals surface area (Å²) < 4.78 is 6.44. The molecule has 1 heterocycles. The number of carbonyl (C=O) groups is 1. The summed E-state index contributed by atoms with van der Waals surface area (Å²) >= 11 is 3.36. The van der Waals surface area contributed by atoms with E-state index in [0.717, 1.165) is 29.7 Å². The number of carbonyl (C=O) groups excluding carboxylic acids is 1. The third-order valence-corrected chi connectivity index (χ3v) is 4.68. The second kappa shape index (κ2) is 9.21. The molecule has 1 fully saturated rings. The average Bonchev–Trinajstić information content (AvgIpc) is 3.07. The Kier molecular flexibility index (Phi) is 7.28. The van der Waals surface area contributed by atoms with Gasteiger partial charge in [-0.05, 0) is 61.3 Å². The van der Waals surface area contributed by atoms with Crippen LogP contribution in [0.4, 0.5) is 0 Å². The van der Waals surface area contributed by atoms with E-state index in [1.165, 1.54) is 18.4 Å². The Morgan fingerprint density at radius 1 is 1.00 bits per heavy atom. The van der Waals surface area contributed by atoms with Gasteiger partial charge >= 0.3 is 5.97 Å². The monoisotopic (exact) mass is 409 g/mol. The zero-order chi connectivity index (χ0) is 16.1. The highest BCUT2D eigenvalue weighted by molar-refractivity contribution is 9.10. The van der Waals surface area contributed by atoms with Crippen LogP contribution in [0.3, 0.4) is 0 Å². The smallest absolute Gasteiger partial charge is 0.338 e. The van der Waals surface area contributed by atoms with Crippen molar-refractivity contribution >= 4 is 34.3 Å². The fourth-order valence-electron chi connectivity index (χ4n) is 2.85. The van der Waals surface area contributed by atoms with Gasteiger partial charge in [0.2, 0.25) is 0 Å². The lowest BCUT2D eigenvalue weighted by atomic mass is 10.1. The summed E-state index contributed by atoms with van der Waals surface area (Å²) in [5.41, 5.74) is 2.91. The van der Waals surface area contributed by atoms with E-state index < -0.39 is 0 Å². The van der Waals surface area contributed by atoms with Crippen LogP contribution in [-0.4, -0.2) is 24.0 Å². The number of nitrogens with zero attached hydrogens (tertiary/aromatic N) is 1. The molecule has 0 aromatic heterocycles. The first kappa shape index (κ1) is 19.0. The summed E-state index contributed by atoms with van der Waals surface area (Å²) in [6, 6.07) is 15.4. The number of hydrogen-bond donors (Lipinski definition) is 0. The fraction of sp³-hybridized carbons (Fsp3) is 0.316. The minimum Gasteiger partial charge on any atom is -0.457 e. The normalized spacial score (nSPS) is 14.2. The molecule has 3 rings (SSSR count). The lowest BCUT2D eigenvalue weighted by Crippen LogP contribution is -2.19. The third kappa shape index (κ3) is 5.07. The van der Waals surface area contributed by atoms with Gasteiger partial charge in [0.15, 0.2) is 0 Å². The molecule has 24 heavy (non-hydrogen) atoms. The highest BCUT2D eigenvalue weighted by Crippen LogP contribution is 2.18. The molecule has 1 saturated heterocycles. The molecule has 0 aliphatic carbocycles. The molecule has 128 valence electrons.